The Bertz CT molecular complexity index is 1540. The van der Waals surface area contributed by atoms with Crippen LogP contribution in [0.4, 0.5) is 0 Å². The Balaban J connectivity index is 1.50. The van der Waals surface area contributed by atoms with Gasteiger partial charge in [-0.15, -0.1) is 0 Å². The number of aromatic nitrogens is 1. The van der Waals surface area contributed by atoms with Gasteiger partial charge in [0, 0.05) is 0 Å². The minimum Gasteiger partial charge on any atom is -0.294 e. The maximum Gasteiger partial charge on any atom is 0.308 e. The molecule has 1 heterocycles. The van der Waals surface area contributed by atoms with E-state index in [9.17, 15) is 13.2 Å². The second kappa shape index (κ2) is 9.38. The first kappa shape index (κ1) is 22.3. The lowest BCUT2D eigenvalue weighted by atomic mass is 10.00. The number of rotatable bonds is 7. The Morgan fingerprint density at radius 1 is 0.765 bits per heavy atom. The van der Waals surface area contributed by atoms with Gasteiger partial charge in [0.05, 0.1) is 27.7 Å². The monoisotopic (exact) mass is 486 g/mol. The molecule has 34 heavy (non-hydrogen) atoms. The van der Waals surface area contributed by atoms with Gasteiger partial charge in [-0.1, -0.05) is 102 Å². The van der Waals surface area contributed by atoms with Crippen LogP contribution >= 0.6 is 11.3 Å². The van der Waals surface area contributed by atoms with Crippen LogP contribution in [0, 0.1) is 0 Å². The Morgan fingerprint density at radius 2 is 1.32 bits per heavy atom. The molecule has 0 saturated carbocycles. The van der Waals surface area contributed by atoms with Crippen LogP contribution in [0.3, 0.4) is 0 Å². The van der Waals surface area contributed by atoms with Crippen molar-refractivity contribution in [3.8, 4) is 0 Å². The fourth-order valence-electron chi connectivity index (χ4n) is 3.97. The molecule has 1 N–H and O–H groups in total. The molecule has 4 aromatic carbocycles. The quantitative estimate of drug-likeness (QED) is 0.345. The lowest BCUT2D eigenvalue weighted by molar-refractivity contribution is 0.572. The summed E-state index contributed by atoms with van der Waals surface area (Å²) in [6.07, 6.45) is 0. The summed E-state index contributed by atoms with van der Waals surface area (Å²) in [5.74, 6) is 0. The second-order valence-electron chi connectivity index (χ2n) is 7.94. The van der Waals surface area contributed by atoms with Crippen molar-refractivity contribution in [1.29, 1.82) is 0 Å². The summed E-state index contributed by atoms with van der Waals surface area (Å²) in [5.41, 5.74) is 3.42. The van der Waals surface area contributed by atoms with E-state index in [1.54, 1.807) is 22.8 Å². The number of hydrogen-bond acceptors (Lipinski definition) is 4. The van der Waals surface area contributed by atoms with E-state index in [0.717, 1.165) is 33.5 Å². The number of benzene rings is 4. The van der Waals surface area contributed by atoms with Gasteiger partial charge in [0.2, 0.25) is 10.0 Å². The summed E-state index contributed by atoms with van der Waals surface area (Å²) < 4.78 is 32.0. The van der Waals surface area contributed by atoms with Gasteiger partial charge in [-0.05, 0) is 34.9 Å². The van der Waals surface area contributed by atoms with E-state index < -0.39 is 16.1 Å². The highest BCUT2D eigenvalue weighted by atomic mass is 32.2. The number of nitrogens with zero attached hydrogens (tertiary/aromatic N) is 1. The zero-order valence-corrected chi connectivity index (χ0v) is 19.8. The first-order valence-electron chi connectivity index (χ1n) is 10.8. The van der Waals surface area contributed by atoms with Crippen LogP contribution < -0.4 is 9.60 Å². The van der Waals surface area contributed by atoms with Gasteiger partial charge < -0.3 is 0 Å². The normalized spacial score (nSPS) is 11.8. The van der Waals surface area contributed by atoms with E-state index in [0.29, 0.717) is 11.2 Å². The van der Waals surface area contributed by atoms with Crippen LogP contribution in [-0.4, -0.2) is 13.0 Å². The summed E-state index contributed by atoms with van der Waals surface area (Å²) in [6.45, 7) is 0.439. The molecule has 170 valence electrons. The Morgan fingerprint density at radius 3 is 1.91 bits per heavy atom. The molecule has 0 aliphatic carbocycles. The second-order valence-corrected chi connectivity index (χ2v) is 10.7. The third-order valence-electron chi connectivity index (χ3n) is 5.67. The van der Waals surface area contributed by atoms with Crippen molar-refractivity contribution >= 4 is 31.6 Å². The molecule has 0 aliphatic heterocycles. The number of hydrogen-bond donors (Lipinski definition) is 1. The maximum absolute atomic E-state index is 13.4. The highest BCUT2D eigenvalue weighted by Crippen LogP contribution is 2.27. The average Bonchev–Trinajstić information content (AvgIpc) is 3.18. The predicted octanol–water partition coefficient (Wildman–Crippen LogP) is 5.18. The zero-order chi connectivity index (χ0) is 23.5. The van der Waals surface area contributed by atoms with Gasteiger partial charge in [0.25, 0.3) is 0 Å². The van der Waals surface area contributed by atoms with Gasteiger partial charge >= 0.3 is 4.87 Å². The lowest BCUT2D eigenvalue weighted by Crippen LogP contribution is -2.29. The molecule has 5 aromatic rings. The van der Waals surface area contributed by atoms with Crippen molar-refractivity contribution in [2.24, 2.45) is 0 Å². The summed E-state index contributed by atoms with van der Waals surface area (Å²) >= 11 is 1.06. The largest absolute Gasteiger partial charge is 0.308 e. The highest BCUT2D eigenvalue weighted by molar-refractivity contribution is 7.89. The maximum atomic E-state index is 13.4. The Kier molecular flexibility index (Phi) is 6.15. The van der Waals surface area contributed by atoms with Crippen LogP contribution in [0.25, 0.3) is 10.2 Å². The number of thiazole rings is 1. The van der Waals surface area contributed by atoms with Gasteiger partial charge in [-0.3, -0.25) is 9.36 Å². The molecule has 0 radical (unpaired) electrons. The van der Waals surface area contributed by atoms with Crippen molar-refractivity contribution < 1.29 is 8.42 Å². The molecule has 0 saturated heterocycles. The molecular weight excluding hydrogens is 464 g/mol. The van der Waals surface area contributed by atoms with E-state index in [4.69, 9.17) is 0 Å². The lowest BCUT2D eigenvalue weighted by Gasteiger charge is -2.20. The van der Waals surface area contributed by atoms with Crippen LogP contribution in [0.5, 0.6) is 0 Å². The highest BCUT2D eigenvalue weighted by Gasteiger charge is 2.24. The van der Waals surface area contributed by atoms with E-state index in [-0.39, 0.29) is 9.77 Å². The predicted molar refractivity (Wildman–Crippen MR) is 137 cm³/mol. The Labute approximate surface area is 202 Å². The van der Waals surface area contributed by atoms with Gasteiger partial charge in [-0.2, -0.15) is 4.72 Å². The topological polar surface area (TPSA) is 68.2 Å². The summed E-state index contributed by atoms with van der Waals surface area (Å²) in [5, 5.41) is 0. The molecule has 1 aromatic heterocycles. The van der Waals surface area contributed by atoms with Crippen molar-refractivity contribution in [2.45, 2.75) is 17.5 Å². The van der Waals surface area contributed by atoms with Crippen molar-refractivity contribution in [2.75, 3.05) is 0 Å². The van der Waals surface area contributed by atoms with E-state index >= 15 is 0 Å². The molecule has 7 heteroatoms. The SMILES string of the molecule is O=c1sc2cc(S(=O)(=O)NC(c3ccccc3)c3ccccc3)ccc2n1Cc1ccccc1. The average molecular weight is 487 g/mol. The van der Waals surface area contributed by atoms with E-state index in [1.165, 1.54) is 0 Å². The van der Waals surface area contributed by atoms with E-state index in [1.807, 2.05) is 91.0 Å². The standard InChI is InChI=1S/C27H22N2O3S2/c30-27-29(19-20-10-4-1-5-11-20)24-17-16-23(18-25(24)33-27)34(31,32)28-26(21-12-6-2-7-13-21)22-14-8-3-9-15-22/h1-18,26,28H,19H2. The molecule has 0 bridgehead atoms. The van der Waals surface area contributed by atoms with Crippen LogP contribution in [0.2, 0.25) is 0 Å². The molecule has 5 nitrogen and oxygen atoms in total. The summed E-state index contributed by atoms with van der Waals surface area (Å²) in [6, 6.07) is 33.0. The fraction of sp³-hybridized carbons (Fsp3) is 0.0741. The van der Waals surface area contributed by atoms with Crippen molar-refractivity contribution in [3.05, 3.63) is 136 Å². The summed E-state index contributed by atoms with van der Waals surface area (Å²) in [7, 11) is -3.86. The third kappa shape index (κ3) is 4.59. The zero-order valence-electron chi connectivity index (χ0n) is 18.2. The summed E-state index contributed by atoms with van der Waals surface area (Å²) in [4.78, 5) is 12.7. The first-order valence-corrected chi connectivity index (χ1v) is 13.1. The van der Waals surface area contributed by atoms with Gasteiger partial charge in [0.1, 0.15) is 0 Å². The smallest absolute Gasteiger partial charge is 0.294 e. The van der Waals surface area contributed by atoms with Crippen LogP contribution in [0.1, 0.15) is 22.7 Å². The van der Waals surface area contributed by atoms with Gasteiger partial charge in [0.15, 0.2) is 0 Å². The van der Waals surface area contributed by atoms with Gasteiger partial charge in [-0.25, -0.2) is 8.42 Å². The van der Waals surface area contributed by atoms with E-state index in [2.05, 4.69) is 4.72 Å². The van der Waals surface area contributed by atoms with Crippen molar-refractivity contribution in [3.63, 3.8) is 0 Å². The molecule has 0 aliphatic rings. The number of sulfonamides is 1. The molecule has 0 fully saturated rings. The van der Waals surface area contributed by atoms with Crippen LogP contribution in [0.15, 0.2) is 119 Å². The molecule has 0 spiro atoms. The van der Waals surface area contributed by atoms with Crippen LogP contribution in [-0.2, 0) is 16.6 Å². The Hall–Kier alpha value is -3.52. The third-order valence-corrected chi connectivity index (χ3v) is 8.03. The minimum absolute atomic E-state index is 0.118. The molecule has 0 amide bonds. The molecule has 0 atom stereocenters. The molecular formula is C27H22N2O3S2. The van der Waals surface area contributed by atoms with Crippen molar-refractivity contribution in [1.82, 2.24) is 9.29 Å². The fourth-order valence-corrected chi connectivity index (χ4v) is 6.22. The first-order chi connectivity index (χ1) is 16.5. The number of nitrogens with one attached hydrogen (secondary N) is 1. The minimum atomic E-state index is -3.86. The molecule has 0 unspecified atom stereocenters. The number of fused-ring (bicyclic) bond motifs is 1. The molecule has 5 rings (SSSR count).